The summed E-state index contributed by atoms with van der Waals surface area (Å²) in [6.07, 6.45) is 6.79. The Morgan fingerprint density at radius 3 is 2.35 bits per heavy atom. The van der Waals surface area contributed by atoms with Crippen LogP contribution in [0.1, 0.15) is 60.3 Å². The van der Waals surface area contributed by atoms with E-state index in [1.54, 1.807) is 0 Å². The monoisotopic (exact) mass is 283 g/mol. The zero-order valence-corrected chi connectivity index (χ0v) is 13.5. The summed E-state index contributed by atoms with van der Waals surface area (Å²) in [6, 6.07) is 0. The summed E-state index contributed by atoms with van der Waals surface area (Å²) < 4.78 is 5.17. The molecule has 0 fully saturated rings. The standard InChI is InChI=1S/C16H29NO3/c1-6-8-9-13(7-2)12-20-15(19)11-10-14(18)17-16(3,4)5/h10-11,13H,6-9,12H2,1-5H3,(H,17,18)/b11-10-. The zero-order chi connectivity index (χ0) is 15.6. The Labute approximate surface area is 123 Å². The Morgan fingerprint density at radius 2 is 1.85 bits per heavy atom. The number of unbranched alkanes of at least 4 members (excludes halogenated alkanes) is 1. The number of hydrogen-bond donors (Lipinski definition) is 1. The Balaban J connectivity index is 4.06. The molecule has 0 aromatic rings. The molecule has 0 radical (unpaired) electrons. The van der Waals surface area contributed by atoms with E-state index >= 15 is 0 Å². The predicted molar refractivity (Wildman–Crippen MR) is 81.3 cm³/mol. The predicted octanol–water partition coefficient (Wildman–Crippen LogP) is 3.22. The van der Waals surface area contributed by atoms with Gasteiger partial charge in [-0.05, 0) is 33.1 Å². The van der Waals surface area contributed by atoms with Crippen LogP contribution in [0.15, 0.2) is 12.2 Å². The summed E-state index contributed by atoms with van der Waals surface area (Å²) in [6.45, 7) is 10.3. The van der Waals surface area contributed by atoms with Crippen molar-refractivity contribution < 1.29 is 14.3 Å². The van der Waals surface area contributed by atoms with Crippen molar-refractivity contribution in [2.75, 3.05) is 6.61 Å². The number of carbonyl (C=O) groups excluding carboxylic acids is 2. The van der Waals surface area contributed by atoms with Crippen LogP contribution in [0.4, 0.5) is 0 Å². The van der Waals surface area contributed by atoms with Crippen LogP contribution >= 0.6 is 0 Å². The first-order valence-electron chi connectivity index (χ1n) is 7.45. The second-order valence-electron chi connectivity index (χ2n) is 6.12. The fraction of sp³-hybridized carbons (Fsp3) is 0.750. The fourth-order valence-corrected chi connectivity index (χ4v) is 1.70. The first-order chi connectivity index (χ1) is 9.28. The van der Waals surface area contributed by atoms with Gasteiger partial charge in [0.25, 0.3) is 0 Å². The third-order valence-electron chi connectivity index (χ3n) is 2.87. The minimum Gasteiger partial charge on any atom is -0.462 e. The second-order valence-corrected chi connectivity index (χ2v) is 6.12. The normalized spacial score (nSPS) is 13.2. The van der Waals surface area contributed by atoms with E-state index in [9.17, 15) is 9.59 Å². The molecule has 0 saturated carbocycles. The molecule has 1 unspecified atom stereocenters. The molecule has 1 amide bonds. The average Bonchev–Trinajstić information content (AvgIpc) is 2.34. The summed E-state index contributed by atoms with van der Waals surface area (Å²) in [5.41, 5.74) is -0.307. The Bertz CT molecular complexity index is 329. The van der Waals surface area contributed by atoms with Crippen molar-refractivity contribution in [1.82, 2.24) is 5.32 Å². The van der Waals surface area contributed by atoms with E-state index in [0.29, 0.717) is 12.5 Å². The van der Waals surface area contributed by atoms with Crippen molar-refractivity contribution in [3.63, 3.8) is 0 Å². The summed E-state index contributed by atoms with van der Waals surface area (Å²) in [7, 11) is 0. The molecule has 4 nitrogen and oxygen atoms in total. The van der Waals surface area contributed by atoms with E-state index < -0.39 is 5.97 Å². The number of amides is 1. The molecule has 0 aliphatic heterocycles. The highest BCUT2D eigenvalue weighted by molar-refractivity contribution is 5.94. The quantitative estimate of drug-likeness (QED) is 0.549. The summed E-state index contributed by atoms with van der Waals surface area (Å²) in [5.74, 6) is -0.327. The van der Waals surface area contributed by atoms with Gasteiger partial charge in [0.05, 0.1) is 6.61 Å². The lowest BCUT2D eigenvalue weighted by Crippen LogP contribution is -2.39. The lowest BCUT2D eigenvalue weighted by molar-refractivity contribution is -0.139. The average molecular weight is 283 g/mol. The molecule has 116 valence electrons. The third-order valence-corrected chi connectivity index (χ3v) is 2.87. The summed E-state index contributed by atoms with van der Waals surface area (Å²) >= 11 is 0. The second kappa shape index (κ2) is 9.56. The molecule has 0 aromatic carbocycles. The molecule has 0 bridgehead atoms. The highest BCUT2D eigenvalue weighted by Crippen LogP contribution is 2.12. The highest BCUT2D eigenvalue weighted by atomic mass is 16.5. The van der Waals surface area contributed by atoms with Crippen molar-refractivity contribution in [2.45, 2.75) is 65.8 Å². The molecule has 1 atom stereocenters. The number of rotatable bonds is 8. The van der Waals surface area contributed by atoms with Crippen LogP contribution in [0.25, 0.3) is 0 Å². The third kappa shape index (κ3) is 10.6. The van der Waals surface area contributed by atoms with Gasteiger partial charge in [0.2, 0.25) is 5.91 Å². The van der Waals surface area contributed by atoms with Crippen LogP contribution in [0.5, 0.6) is 0 Å². The number of hydrogen-bond acceptors (Lipinski definition) is 3. The van der Waals surface area contributed by atoms with Crippen molar-refractivity contribution >= 4 is 11.9 Å². The lowest BCUT2D eigenvalue weighted by Gasteiger charge is -2.18. The van der Waals surface area contributed by atoms with Crippen LogP contribution in [0, 0.1) is 5.92 Å². The van der Waals surface area contributed by atoms with Crippen LogP contribution in [0.2, 0.25) is 0 Å². The molecule has 0 rings (SSSR count). The van der Waals surface area contributed by atoms with Crippen molar-refractivity contribution in [3.05, 3.63) is 12.2 Å². The Kier molecular flexibility index (Phi) is 8.93. The van der Waals surface area contributed by atoms with Gasteiger partial charge in [-0.25, -0.2) is 4.79 Å². The maximum Gasteiger partial charge on any atom is 0.330 e. The molecule has 1 N–H and O–H groups in total. The molecule has 0 aromatic heterocycles. The maximum atomic E-state index is 11.5. The number of nitrogens with one attached hydrogen (secondary N) is 1. The highest BCUT2D eigenvalue weighted by Gasteiger charge is 2.12. The first-order valence-corrected chi connectivity index (χ1v) is 7.45. The number of ether oxygens (including phenoxy) is 1. The van der Waals surface area contributed by atoms with Gasteiger partial charge in [-0.1, -0.05) is 33.1 Å². The SMILES string of the molecule is CCCCC(CC)COC(=O)/C=C\C(=O)NC(C)(C)C. The molecular formula is C16H29NO3. The van der Waals surface area contributed by atoms with E-state index in [1.807, 2.05) is 20.8 Å². The van der Waals surface area contributed by atoms with Gasteiger partial charge in [0.1, 0.15) is 0 Å². The summed E-state index contributed by atoms with van der Waals surface area (Å²) in [4.78, 5) is 23.0. The maximum absolute atomic E-state index is 11.5. The molecule has 0 spiro atoms. The molecule has 0 heterocycles. The number of esters is 1. The van der Waals surface area contributed by atoms with Gasteiger partial charge in [0, 0.05) is 17.7 Å². The minimum atomic E-state index is -0.455. The van der Waals surface area contributed by atoms with E-state index in [1.165, 1.54) is 12.2 Å². The lowest BCUT2D eigenvalue weighted by atomic mass is 10.0. The van der Waals surface area contributed by atoms with E-state index in [-0.39, 0.29) is 11.4 Å². The van der Waals surface area contributed by atoms with Crippen LogP contribution in [-0.2, 0) is 14.3 Å². The molecule has 0 aliphatic rings. The van der Waals surface area contributed by atoms with Crippen LogP contribution < -0.4 is 5.32 Å². The van der Waals surface area contributed by atoms with Crippen molar-refractivity contribution in [1.29, 1.82) is 0 Å². The van der Waals surface area contributed by atoms with Gasteiger partial charge in [0.15, 0.2) is 0 Å². The topological polar surface area (TPSA) is 55.4 Å². The van der Waals surface area contributed by atoms with E-state index in [0.717, 1.165) is 25.7 Å². The van der Waals surface area contributed by atoms with Gasteiger partial charge in [-0.3, -0.25) is 4.79 Å². The first kappa shape index (κ1) is 18.7. The van der Waals surface area contributed by atoms with Crippen molar-refractivity contribution in [2.24, 2.45) is 5.92 Å². The Morgan fingerprint density at radius 1 is 1.20 bits per heavy atom. The molecule has 0 aliphatic carbocycles. The molecular weight excluding hydrogens is 254 g/mol. The smallest absolute Gasteiger partial charge is 0.330 e. The van der Waals surface area contributed by atoms with Gasteiger partial charge >= 0.3 is 5.97 Å². The van der Waals surface area contributed by atoms with Crippen LogP contribution in [-0.4, -0.2) is 24.0 Å². The van der Waals surface area contributed by atoms with Gasteiger partial charge < -0.3 is 10.1 Å². The van der Waals surface area contributed by atoms with E-state index in [2.05, 4.69) is 19.2 Å². The fourth-order valence-electron chi connectivity index (χ4n) is 1.70. The minimum absolute atomic E-state index is 0.285. The van der Waals surface area contributed by atoms with E-state index in [4.69, 9.17) is 4.74 Å². The Hall–Kier alpha value is -1.32. The molecule has 20 heavy (non-hydrogen) atoms. The van der Waals surface area contributed by atoms with Crippen LogP contribution in [0.3, 0.4) is 0 Å². The van der Waals surface area contributed by atoms with Gasteiger partial charge in [-0.15, -0.1) is 0 Å². The zero-order valence-electron chi connectivity index (χ0n) is 13.5. The molecule has 4 heteroatoms. The largest absolute Gasteiger partial charge is 0.462 e. The summed E-state index contributed by atoms with van der Waals surface area (Å²) in [5, 5.41) is 2.74. The number of carbonyl (C=O) groups is 2. The molecule has 0 saturated heterocycles. The van der Waals surface area contributed by atoms with Gasteiger partial charge in [-0.2, -0.15) is 0 Å². The van der Waals surface area contributed by atoms with Crippen molar-refractivity contribution in [3.8, 4) is 0 Å².